The third-order valence-electron chi connectivity index (χ3n) is 2.17. The molecule has 0 saturated carbocycles. The molecule has 2 rings (SSSR count). The van der Waals surface area contributed by atoms with Gasteiger partial charge in [0.25, 0.3) is 5.91 Å². The molecule has 0 bridgehead atoms. The molecule has 0 fully saturated rings. The number of aryl methyl sites for hydroxylation is 1. The second-order valence-corrected chi connectivity index (χ2v) is 3.66. The van der Waals surface area contributed by atoms with Crippen LogP contribution in [0, 0.1) is 6.92 Å². The molecule has 0 spiro atoms. The molecule has 2 aromatic heterocycles. The Bertz CT molecular complexity index is 599. The number of aromatic nitrogens is 4. The maximum absolute atomic E-state index is 11.9. The molecule has 0 saturated heterocycles. The van der Waals surface area contributed by atoms with Crippen LogP contribution in [0.3, 0.4) is 0 Å². The van der Waals surface area contributed by atoms with Crippen molar-refractivity contribution in [3.8, 4) is 5.88 Å². The Labute approximate surface area is 109 Å². The summed E-state index contributed by atoms with van der Waals surface area (Å²) >= 11 is 0. The molecule has 1 amide bonds. The fraction of sp³-hybridized carbons (Fsp3) is 0.182. The summed E-state index contributed by atoms with van der Waals surface area (Å²) in [6, 6.07) is 1.65. The lowest BCUT2D eigenvalue weighted by molar-refractivity contribution is 0.102. The summed E-state index contributed by atoms with van der Waals surface area (Å²) in [6.45, 7) is 1.77. The summed E-state index contributed by atoms with van der Waals surface area (Å²) in [5, 5.41) is 2.51. The van der Waals surface area contributed by atoms with Crippen LogP contribution in [-0.4, -0.2) is 33.0 Å². The van der Waals surface area contributed by atoms with Gasteiger partial charge in [-0.1, -0.05) is 0 Å². The van der Waals surface area contributed by atoms with Crippen LogP contribution in [0.1, 0.15) is 16.2 Å². The summed E-state index contributed by atoms with van der Waals surface area (Å²) in [4.78, 5) is 27.6. The molecule has 0 aliphatic heterocycles. The predicted octanol–water partition coefficient (Wildman–Crippen LogP) is 0.418. The summed E-state index contributed by atoms with van der Waals surface area (Å²) in [7, 11) is 1.48. The number of hydrogen-bond acceptors (Lipinski definition) is 7. The largest absolute Gasteiger partial charge is 0.481 e. The standard InChI is InChI=1S/C11H12N6O2/c1-6-3-9(19-2)16-11(15-6)17-10(18)7-4-14-8(12)5-13-7/h3-5H,1-2H3,(H2,12,14)(H,15,16,17,18). The Morgan fingerprint density at radius 1 is 1.32 bits per heavy atom. The normalized spacial score (nSPS) is 10.0. The van der Waals surface area contributed by atoms with Gasteiger partial charge in [0, 0.05) is 11.8 Å². The van der Waals surface area contributed by atoms with Crippen molar-refractivity contribution in [1.82, 2.24) is 19.9 Å². The number of nitrogen functional groups attached to an aromatic ring is 1. The maximum Gasteiger partial charge on any atom is 0.278 e. The summed E-state index contributed by atoms with van der Waals surface area (Å²) in [6.07, 6.45) is 2.57. The Kier molecular flexibility index (Phi) is 3.51. The molecule has 98 valence electrons. The van der Waals surface area contributed by atoms with Crippen molar-refractivity contribution >= 4 is 17.7 Å². The minimum atomic E-state index is -0.472. The lowest BCUT2D eigenvalue weighted by atomic mass is 10.4. The van der Waals surface area contributed by atoms with Gasteiger partial charge in [-0.05, 0) is 6.92 Å². The van der Waals surface area contributed by atoms with Gasteiger partial charge in [-0.15, -0.1) is 0 Å². The van der Waals surface area contributed by atoms with E-state index in [1.54, 1.807) is 13.0 Å². The molecule has 2 heterocycles. The van der Waals surface area contributed by atoms with Crippen molar-refractivity contribution < 1.29 is 9.53 Å². The number of ether oxygens (including phenoxy) is 1. The van der Waals surface area contributed by atoms with Gasteiger partial charge in [0.05, 0.1) is 19.5 Å². The van der Waals surface area contributed by atoms with Crippen LogP contribution in [0.4, 0.5) is 11.8 Å². The van der Waals surface area contributed by atoms with E-state index in [2.05, 4.69) is 25.3 Å². The molecule has 3 N–H and O–H groups in total. The number of carbonyl (C=O) groups excluding carboxylic acids is 1. The van der Waals surface area contributed by atoms with E-state index in [0.29, 0.717) is 11.6 Å². The Hall–Kier alpha value is -2.77. The monoisotopic (exact) mass is 260 g/mol. The maximum atomic E-state index is 11.9. The summed E-state index contributed by atoms with van der Waals surface area (Å²) in [5.41, 5.74) is 6.19. The first-order valence-electron chi connectivity index (χ1n) is 5.37. The Morgan fingerprint density at radius 3 is 2.74 bits per heavy atom. The summed E-state index contributed by atoms with van der Waals surface area (Å²) in [5.74, 6) is 0.275. The smallest absolute Gasteiger partial charge is 0.278 e. The summed E-state index contributed by atoms with van der Waals surface area (Å²) < 4.78 is 4.99. The van der Waals surface area contributed by atoms with Crippen molar-refractivity contribution in [3.05, 3.63) is 29.8 Å². The third kappa shape index (κ3) is 3.12. The molecule has 19 heavy (non-hydrogen) atoms. The van der Waals surface area contributed by atoms with Crippen LogP contribution in [-0.2, 0) is 0 Å². The average Bonchev–Trinajstić information content (AvgIpc) is 2.38. The predicted molar refractivity (Wildman–Crippen MR) is 67.7 cm³/mol. The highest BCUT2D eigenvalue weighted by Gasteiger charge is 2.11. The number of hydrogen-bond donors (Lipinski definition) is 2. The van der Waals surface area contributed by atoms with E-state index in [-0.39, 0.29) is 17.5 Å². The third-order valence-corrected chi connectivity index (χ3v) is 2.17. The number of anilines is 2. The topological polar surface area (TPSA) is 116 Å². The highest BCUT2D eigenvalue weighted by molar-refractivity contribution is 6.01. The molecule has 2 aromatic rings. The Balaban J connectivity index is 2.18. The molecule has 0 aliphatic carbocycles. The van der Waals surface area contributed by atoms with Crippen LogP contribution in [0.2, 0.25) is 0 Å². The number of carbonyl (C=O) groups is 1. The van der Waals surface area contributed by atoms with Crippen molar-refractivity contribution in [3.63, 3.8) is 0 Å². The van der Waals surface area contributed by atoms with E-state index in [0.717, 1.165) is 0 Å². The SMILES string of the molecule is COc1cc(C)nc(NC(=O)c2cnc(N)cn2)n1. The molecular formula is C11H12N6O2. The molecule has 0 aliphatic rings. The lowest BCUT2D eigenvalue weighted by Crippen LogP contribution is -2.16. The van der Waals surface area contributed by atoms with Crippen molar-refractivity contribution in [2.45, 2.75) is 6.92 Å². The van der Waals surface area contributed by atoms with Crippen LogP contribution < -0.4 is 15.8 Å². The molecule has 0 aromatic carbocycles. The van der Waals surface area contributed by atoms with E-state index in [1.807, 2.05) is 0 Å². The minimum Gasteiger partial charge on any atom is -0.481 e. The first-order valence-corrected chi connectivity index (χ1v) is 5.37. The molecule has 0 radical (unpaired) electrons. The van der Waals surface area contributed by atoms with Gasteiger partial charge in [0.15, 0.2) is 0 Å². The van der Waals surface area contributed by atoms with Gasteiger partial charge in [0.2, 0.25) is 11.8 Å². The Morgan fingerprint density at radius 2 is 2.11 bits per heavy atom. The van der Waals surface area contributed by atoms with E-state index < -0.39 is 5.91 Å². The van der Waals surface area contributed by atoms with Crippen molar-refractivity contribution in [1.29, 1.82) is 0 Å². The second-order valence-electron chi connectivity index (χ2n) is 3.66. The number of nitrogens with two attached hydrogens (primary N) is 1. The molecular weight excluding hydrogens is 248 g/mol. The molecule has 0 unspecified atom stereocenters. The highest BCUT2D eigenvalue weighted by atomic mass is 16.5. The van der Waals surface area contributed by atoms with Gasteiger partial charge < -0.3 is 10.5 Å². The van der Waals surface area contributed by atoms with Crippen molar-refractivity contribution in [2.75, 3.05) is 18.2 Å². The average molecular weight is 260 g/mol. The molecule has 8 nitrogen and oxygen atoms in total. The fourth-order valence-electron chi connectivity index (χ4n) is 1.32. The first-order chi connectivity index (χ1) is 9.08. The van der Waals surface area contributed by atoms with Crippen molar-refractivity contribution in [2.24, 2.45) is 0 Å². The van der Waals surface area contributed by atoms with E-state index in [1.165, 1.54) is 19.5 Å². The van der Waals surface area contributed by atoms with E-state index in [4.69, 9.17) is 10.5 Å². The molecule has 0 atom stereocenters. The van der Waals surface area contributed by atoms with E-state index in [9.17, 15) is 4.79 Å². The number of nitrogens with zero attached hydrogens (tertiary/aromatic N) is 4. The number of rotatable bonds is 3. The van der Waals surface area contributed by atoms with E-state index >= 15 is 0 Å². The van der Waals surface area contributed by atoms with Crippen LogP contribution in [0.25, 0.3) is 0 Å². The fourth-order valence-corrected chi connectivity index (χ4v) is 1.32. The quantitative estimate of drug-likeness (QED) is 0.821. The van der Waals surface area contributed by atoms with Gasteiger partial charge in [-0.2, -0.15) is 4.98 Å². The van der Waals surface area contributed by atoms with Crippen LogP contribution in [0.5, 0.6) is 5.88 Å². The number of methoxy groups -OCH3 is 1. The van der Waals surface area contributed by atoms with Crippen LogP contribution >= 0.6 is 0 Å². The van der Waals surface area contributed by atoms with Gasteiger partial charge >= 0.3 is 0 Å². The lowest BCUT2D eigenvalue weighted by Gasteiger charge is -2.06. The first kappa shape index (κ1) is 12.7. The zero-order chi connectivity index (χ0) is 13.8. The zero-order valence-electron chi connectivity index (χ0n) is 10.4. The highest BCUT2D eigenvalue weighted by Crippen LogP contribution is 2.11. The molecule has 8 heteroatoms. The van der Waals surface area contributed by atoms with Gasteiger partial charge in [-0.3, -0.25) is 10.1 Å². The van der Waals surface area contributed by atoms with Gasteiger partial charge in [-0.25, -0.2) is 15.0 Å². The van der Waals surface area contributed by atoms with Crippen LogP contribution in [0.15, 0.2) is 18.5 Å². The number of amides is 1. The minimum absolute atomic E-state index is 0.123. The number of nitrogens with one attached hydrogen (secondary N) is 1. The zero-order valence-corrected chi connectivity index (χ0v) is 10.4. The second kappa shape index (κ2) is 5.25. The van der Waals surface area contributed by atoms with Gasteiger partial charge in [0.1, 0.15) is 11.5 Å².